The summed E-state index contributed by atoms with van der Waals surface area (Å²) < 4.78 is 0. The molecule has 3 nitrogen and oxygen atoms in total. The molecule has 108 valence electrons. The standard InChI is InChI=1S/C17H19N3S/c1-2-15(16-19-8-9-21-16)20-14-10-17(11-14,12-18)13-6-4-3-5-7-13/h3-9,14-15,20H,2,10-11H2,1H3. The predicted octanol–water partition coefficient (Wildman–Crippen LogP) is 3.81. The van der Waals surface area contributed by atoms with Crippen molar-refractivity contribution in [3.05, 3.63) is 52.5 Å². The van der Waals surface area contributed by atoms with E-state index in [-0.39, 0.29) is 5.41 Å². The van der Waals surface area contributed by atoms with Gasteiger partial charge in [-0.3, -0.25) is 0 Å². The number of benzene rings is 1. The van der Waals surface area contributed by atoms with Crippen LogP contribution in [0.3, 0.4) is 0 Å². The van der Waals surface area contributed by atoms with Crippen molar-refractivity contribution < 1.29 is 0 Å². The fraction of sp³-hybridized carbons (Fsp3) is 0.412. The minimum absolute atomic E-state index is 0.305. The highest BCUT2D eigenvalue weighted by molar-refractivity contribution is 7.09. The van der Waals surface area contributed by atoms with Gasteiger partial charge < -0.3 is 5.32 Å². The Morgan fingerprint density at radius 2 is 2.19 bits per heavy atom. The zero-order chi connectivity index (χ0) is 14.7. The Labute approximate surface area is 129 Å². The molecule has 0 saturated heterocycles. The molecule has 1 unspecified atom stereocenters. The van der Waals surface area contributed by atoms with Crippen LogP contribution >= 0.6 is 11.3 Å². The Morgan fingerprint density at radius 1 is 1.43 bits per heavy atom. The third-order valence-corrected chi connectivity index (χ3v) is 5.21. The molecular weight excluding hydrogens is 278 g/mol. The van der Waals surface area contributed by atoms with Gasteiger partial charge in [-0.1, -0.05) is 37.3 Å². The number of nitrogens with one attached hydrogen (secondary N) is 1. The van der Waals surface area contributed by atoms with Gasteiger partial charge in [-0.05, 0) is 24.8 Å². The molecule has 21 heavy (non-hydrogen) atoms. The second-order valence-corrected chi connectivity index (χ2v) is 6.59. The molecular formula is C17H19N3S. The van der Waals surface area contributed by atoms with Gasteiger partial charge in [-0.15, -0.1) is 11.3 Å². The van der Waals surface area contributed by atoms with Gasteiger partial charge in [0.1, 0.15) is 5.01 Å². The zero-order valence-corrected chi connectivity index (χ0v) is 12.9. The smallest absolute Gasteiger partial charge is 0.109 e. The summed E-state index contributed by atoms with van der Waals surface area (Å²) in [5.74, 6) is 0. The van der Waals surface area contributed by atoms with E-state index in [0.29, 0.717) is 12.1 Å². The predicted molar refractivity (Wildman–Crippen MR) is 85.0 cm³/mol. The molecule has 1 N–H and O–H groups in total. The van der Waals surface area contributed by atoms with Crippen molar-refractivity contribution in [2.24, 2.45) is 0 Å². The fourth-order valence-electron chi connectivity index (χ4n) is 3.10. The average molecular weight is 297 g/mol. The summed E-state index contributed by atoms with van der Waals surface area (Å²) in [6.07, 6.45) is 4.65. The molecule has 1 atom stereocenters. The van der Waals surface area contributed by atoms with Gasteiger partial charge in [0.05, 0.1) is 17.5 Å². The Morgan fingerprint density at radius 3 is 2.76 bits per heavy atom. The summed E-state index contributed by atoms with van der Waals surface area (Å²) in [4.78, 5) is 4.40. The van der Waals surface area contributed by atoms with Gasteiger partial charge in [0.2, 0.25) is 0 Å². The molecule has 1 aliphatic rings. The Balaban J connectivity index is 1.66. The third-order valence-electron chi connectivity index (χ3n) is 4.32. The fourth-order valence-corrected chi connectivity index (χ4v) is 3.88. The van der Waals surface area contributed by atoms with E-state index in [9.17, 15) is 5.26 Å². The molecule has 1 saturated carbocycles. The molecule has 3 rings (SSSR count). The second kappa shape index (κ2) is 5.97. The van der Waals surface area contributed by atoms with Crippen molar-refractivity contribution in [2.45, 2.75) is 43.7 Å². The van der Waals surface area contributed by atoms with E-state index in [1.54, 1.807) is 11.3 Å². The molecule has 0 spiro atoms. The monoisotopic (exact) mass is 297 g/mol. The number of nitrogens with zero attached hydrogens (tertiary/aromatic N) is 2. The van der Waals surface area contributed by atoms with E-state index in [2.05, 4.69) is 35.4 Å². The summed E-state index contributed by atoms with van der Waals surface area (Å²) >= 11 is 1.70. The maximum atomic E-state index is 9.59. The van der Waals surface area contributed by atoms with Crippen LogP contribution in [0.5, 0.6) is 0 Å². The van der Waals surface area contributed by atoms with Crippen LogP contribution in [0.15, 0.2) is 41.9 Å². The number of thiazole rings is 1. The molecule has 0 bridgehead atoms. The molecule has 1 aromatic heterocycles. The van der Waals surface area contributed by atoms with Crippen LogP contribution in [0.25, 0.3) is 0 Å². The third kappa shape index (κ3) is 2.72. The largest absolute Gasteiger partial charge is 0.305 e. The topological polar surface area (TPSA) is 48.7 Å². The first-order valence-corrected chi connectivity index (χ1v) is 8.27. The number of hydrogen-bond donors (Lipinski definition) is 1. The van der Waals surface area contributed by atoms with E-state index in [4.69, 9.17) is 0 Å². The summed E-state index contributed by atoms with van der Waals surface area (Å²) in [5.41, 5.74) is 0.841. The van der Waals surface area contributed by atoms with Crippen molar-refractivity contribution in [3.63, 3.8) is 0 Å². The first-order chi connectivity index (χ1) is 10.3. The van der Waals surface area contributed by atoms with E-state index < -0.39 is 0 Å². The van der Waals surface area contributed by atoms with Crippen molar-refractivity contribution in [3.8, 4) is 6.07 Å². The normalized spacial score (nSPS) is 25.8. The molecule has 1 heterocycles. The average Bonchev–Trinajstić information content (AvgIpc) is 3.02. The number of hydrogen-bond acceptors (Lipinski definition) is 4. The summed E-state index contributed by atoms with van der Waals surface area (Å²) in [7, 11) is 0. The number of aromatic nitrogens is 1. The summed E-state index contributed by atoms with van der Waals surface area (Å²) in [6, 6.07) is 13.4. The van der Waals surface area contributed by atoms with Crippen LogP contribution in [0.1, 0.15) is 42.8 Å². The summed E-state index contributed by atoms with van der Waals surface area (Å²) in [6.45, 7) is 2.17. The van der Waals surface area contributed by atoms with E-state index in [1.807, 2.05) is 29.8 Å². The lowest BCUT2D eigenvalue weighted by Crippen LogP contribution is -2.51. The molecule has 2 aromatic rings. The van der Waals surface area contributed by atoms with Crippen molar-refractivity contribution in [1.82, 2.24) is 10.3 Å². The molecule has 0 aliphatic heterocycles. The number of rotatable bonds is 5. The lowest BCUT2D eigenvalue weighted by molar-refractivity contribution is 0.207. The van der Waals surface area contributed by atoms with E-state index in [0.717, 1.165) is 29.8 Å². The van der Waals surface area contributed by atoms with E-state index in [1.165, 1.54) is 0 Å². The van der Waals surface area contributed by atoms with Crippen LogP contribution < -0.4 is 5.32 Å². The molecule has 0 amide bonds. The maximum absolute atomic E-state index is 9.59. The van der Waals surface area contributed by atoms with Gasteiger partial charge in [0.25, 0.3) is 0 Å². The SMILES string of the molecule is CCC(NC1CC(C#N)(c2ccccc2)C1)c1nccs1. The van der Waals surface area contributed by atoms with Crippen molar-refractivity contribution in [2.75, 3.05) is 0 Å². The van der Waals surface area contributed by atoms with Crippen LogP contribution in [0, 0.1) is 11.3 Å². The van der Waals surface area contributed by atoms with Crippen LogP contribution in [-0.2, 0) is 5.41 Å². The van der Waals surface area contributed by atoms with Gasteiger partial charge >= 0.3 is 0 Å². The van der Waals surface area contributed by atoms with Crippen molar-refractivity contribution >= 4 is 11.3 Å². The Hall–Kier alpha value is -1.70. The minimum atomic E-state index is -0.305. The maximum Gasteiger partial charge on any atom is 0.109 e. The highest BCUT2D eigenvalue weighted by atomic mass is 32.1. The van der Waals surface area contributed by atoms with Crippen LogP contribution in [0.2, 0.25) is 0 Å². The first kappa shape index (κ1) is 14.2. The van der Waals surface area contributed by atoms with Crippen LogP contribution in [0.4, 0.5) is 0 Å². The lowest BCUT2D eigenvalue weighted by atomic mass is 9.62. The van der Waals surface area contributed by atoms with Gasteiger partial charge in [-0.2, -0.15) is 5.26 Å². The van der Waals surface area contributed by atoms with Gasteiger partial charge in [-0.25, -0.2) is 4.98 Å². The number of nitriles is 1. The zero-order valence-electron chi connectivity index (χ0n) is 12.1. The molecule has 0 radical (unpaired) electrons. The first-order valence-electron chi connectivity index (χ1n) is 7.39. The highest BCUT2D eigenvalue weighted by Crippen LogP contribution is 2.44. The summed E-state index contributed by atoms with van der Waals surface area (Å²) in [5, 5.41) is 16.4. The minimum Gasteiger partial charge on any atom is -0.305 e. The van der Waals surface area contributed by atoms with E-state index >= 15 is 0 Å². The molecule has 4 heteroatoms. The Kier molecular flexibility index (Phi) is 4.05. The highest BCUT2D eigenvalue weighted by Gasteiger charge is 2.46. The van der Waals surface area contributed by atoms with Crippen molar-refractivity contribution in [1.29, 1.82) is 5.26 Å². The lowest BCUT2D eigenvalue weighted by Gasteiger charge is -2.44. The van der Waals surface area contributed by atoms with Crippen LogP contribution in [-0.4, -0.2) is 11.0 Å². The second-order valence-electron chi connectivity index (χ2n) is 5.66. The Bertz CT molecular complexity index is 609. The molecule has 1 aliphatic carbocycles. The molecule has 1 aromatic carbocycles. The van der Waals surface area contributed by atoms with Gasteiger partial charge in [0.15, 0.2) is 0 Å². The quantitative estimate of drug-likeness (QED) is 0.913. The van der Waals surface area contributed by atoms with Gasteiger partial charge in [0, 0.05) is 17.6 Å². The molecule has 1 fully saturated rings.